The first-order chi connectivity index (χ1) is 10.3. The minimum Gasteiger partial charge on any atom is -0.377 e. The Hall–Kier alpha value is -1.69. The number of hydrogen-bond acceptors (Lipinski definition) is 4. The number of nitrogens with two attached hydrogens (primary N) is 1. The Bertz CT molecular complexity index is 528. The quantitative estimate of drug-likeness (QED) is 0.736. The summed E-state index contributed by atoms with van der Waals surface area (Å²) >= 11 is 1.49. The van der Waals surface area contributed by atoms with Crippen LogP contribution in [0, 0.1) is 0 Å². The molecule has 5 heteroatoms. The van der Waals surface area contributed by atoms with Crippen LogP contribution in [0.1, 0.15) is 22.9 Å². The van der Waals surface area contributed by atoms with Crippen molar-refractivity contribution in [3.8, 4) is 0 Å². The van der Waals surface area contributed by atoms with E-state index in [0.717, 1.165) is 16.9 Å². The van der Waals surface area contributed by atoms with E-state index in [4.69, 9.17) is 10.5 Å². The summed E-state index contributed by atoms with van der Waals surface area (Å²) in [7, 11) is 0. The monoisotopic (exact) mass is 304 g/mol. The highest BCUT2D eigenvalue weighted by atomic mass is 32.1. The lowest BCUT2D eigenvalue weighted by Crippen LogP contribution is -2.34. The van der Waals surface area contributed by atoms with Crippen LogP contribution in [0.5, 0.6) is 0 Å². The average Bonchev–Trinajstić information content (AvgIpc) is 3.05. The smallest absolute Gasteiger partial charge is 0.242 e. The molecule has 1 aromatic carbocycles. The maximum absolute atomic E-state index is 11.8. The topological polar surface area (TPSA) is 64.4 Å². The molecule has 1 atom stereocenters. The second-order valence-corrected chi connectivity index (χ2v) is 5.66. The Balaban J connectivity index is 1.56. The molecule has 0 radical (unpaired) electrons. The normalized spacial score (nSPS) is 12.0. The fraction of sp³-hybridized carbons (Fsp3) is 0.312. The number of thiophene rings is 1. The van der Waals surface area contributed by atoms with Gasteiger partial charge in [-0.2, -0.15) is 0 Å². The van der Waals surface area contributed by atoms with Gasteiger partial charge in [-0.25, -0.2) is 0 Å². The average molecular weight is 304 g/mol. The van der Waals surface area contributed by atoms with Crippen LogP contribution in [0.2, 0.25) is 0 Å². The first-order valence-electron chi connectivity index (χ1n) is 6.96. The summed E-state index contributed by atoms with van der Waals surface area (Å²) in [6.45, 7) is 1.79. The summed E-state index contributed by atoms with van der Waals surface area (Å²) in [6.07, 6.45) is 0.774. The predicted octanol–water partition coefficient (Wildman–Crippen LogP) is 2.47. The molecule has 1 heterocycles. The van der Waals surface area contributed by atoms with Crippen LogP contribution in [-0.4, -0.2) is 19.1 Å². The van der Waals surface area contributed by atoms with Gasteiger partial charge >= 0.3 is 0 Å². The number of carbonyl (C=O) groups is 1. The van der Waals surface area contributed by atoms with E-state index in [1.807, 2.05) is 47.8 Å². The number of carbonyl (C=O) groups excluding carboxylic acids is 1. The lowest BCUT2D eigenvalue weighted by molar-refractivity contribution is -0.122. The highest BCUT2D eigenvalue weighted by Crippen LogP contribution is 2.16. The van der Waals surface area contributed by atoms with Crippen molar-refractivity contribution in [1.82, 2.24) is 5.32 Å². The first kappa shape index (κ1) is 15.7. The van der Waals surface area contributed by atoms with Crippen LogP contribution >= 0.6 is 11.3 Å². The summed E-state index contributed by atoms with van der Waals surface area (Å²) in [5.74, 6) is -0.138. The van der Waals surface area contributed by atoms with Crippen molar-refractivity contribution in [2.24, 2.45) is 5.73 Å². The first-order valence-corrected chi connectivity index (χ1v) is 7.83. The van der Waals surface area contributed by atoms with Crippen LogP contribution < -0.4 is 11.1 Å². The molecule has 1 amide bonds. The molecule has 3 N–H and O–H groups in total. The zero-order chi connectivity index (χ0) is 14.9. The Morgan fingerprint density at radius 3 is 2.76 bits per heavy atom. The van der Waals surface area contributed by atoms with E-state index in [1.165, 1.54) is 11.3 Å². The third-order valence-corrected chi connectivity index (χ3v) is 3.96. The number of nitrogens with one attached hydrogen (secondary N) is 1. The number of benzene rings is 1. The SMILES string of the molecule is NC(C(=O)NCCCOCc1ccccc1)c1cccs1. The fourth-order valence-electron chi connectivity index (χ4n) is 1.86. The minimum absolute atomic E-state index is 0.138. The number of hydrogen-bond donors (Lipinski definition) is 2. The van der Waals surface area contributed by atoms with Crippen LogP contribution in [-0.2, 0) is 16.1 Å². The predicted molar refractivity (Wildman–Crippen MR) is 85.0 cm³/mol. The van der Waals surface area contributed by atoms with Gasteiger partial charge in [-0.3, -0.25) is 4.79 Å². The third kappa shape index (κ3) is 5.30. The van der Waals surface area contributed by atoms with Gasteiger partial charge in [-0.1, -0.05) is 36.4 Å². The summed E-state index contributed by atoms with van der Waals surface area (Å²) in [6, 6.07) is 13.2. The van der Waals surface area contributed by atoms with Gasteiger partial charge in [-0.15, -0.1) is 11.3 Å². The zero-order valence-electron chi connectivity index (χ0n) is 11.8. The second-order valence-electron chi connectivity index (χ2n) is 4.68. The molecular weight excluding hydrogens is 284 g/mol. The Labute approximate surface area is 128 Å². The summed E-state index contributed by atoms with van der Waals surface area (Å²) in [5.41, 5.74) is 7.02. The molecule has 0 saturated carbocycles. The minimum atomic E-state index is -0.574. The summed E-state index contributed by atoms with van der Waals surface area (Å²) in [4.78, 5) is 12.7. The van der Waals surface area contributed by atoms with Crippen LogP contribution in [0.3, 0.4) is 0 Å². The molecule has 4 nitrogen and oxygen atoms in total. The Kier molecular flexibility index (Phi) is 6.40. The van der Waals surface area contributed by atoms with Crippen molar-refractivity contribution in [1.29, 1.82) is 0 Å². The van der Waals surface area contributed by atoms with Gasteiger partial charge in [0.25, 0.3) is 0 Å². The number of rotatable bonds is 8. The molecule has 1 aromatic heterocycles. The van der Waals surface area contributed by atoms with Crippen molar-refractivity contribution >= 4 is 17.2 Å². The molecule has 2 rings (SSSR count). The second kappa shape index (κ2) is 8.56. The lowest BCUT2D eigenvalue weighted by atomic mass is 10.2. The zero-order valence-corrected chi connectivity index (χ0v) is 12.6. The van der Waals surface area contributed by atoms with Crippen molar-refractivity contribution in [3.05, 3.63) is 58.3 Å². The molecule has 0 aliphatic rings. The molecule has 0 aliphatic carbocycles. The van der Waals surface area contributed by atoms with Crippen LogP contribution in [0.4, 0.5) is 0 Å². The van der Waals surface area contributed by atoms with Gasteiger partial charge in [-0.05, 0) is 23.4 Å². The van der Waals surface area contributed by atoms with Crippen molar-refractivity contribution in [2.45, 2.75) is 19.1 Å². The van der Waals surface area contributed by atoms with E-state index < -0.39 is 6.04 Å². The van der Waals surface area contributed by atoms with Gasteiger partial charge in [0.2, 0.25) is 5.91 Å². The van der Waals surface area contributed by atoms with Gasteiger partial charge < -0.3 is 15.8 Å². The standard InChI is InChI=1S/C16H20N2O2S/c17-15(14-8-4-11-21-14)16(19)18-9-5-10-20-12-13-6-2-1-3-7-13/h1-4,6-8,11,15H,5,9-10,12,17H2,(H,18,19). The van der Waals surface area contributed by atoms with Gasteiger partial charge in [0.15, 0.2) is 0 Å². The molecule has 21 heavy (non-hydrogen) atoms. The molecule has 112 valence electrons. The van der Waals surface area contributed by atoms with Crippen molar-refractivity contribution in [2.75, 3.05) is 13.2 Å². The van der Waals surface area contributed by atoms with E-state index >= 15 is 0 Å². The van der Waals surface area contributed by atoms with E-state index in [9.17, 15) is 4.79 Å². The van der Waals surface area contributed by atoms with Crippen LogP contribution in [0.15, 0.2) is 47.8 Å². The molecule has 1 unspecified atom stereocenters. The maximum atomic E-state index is 11.8. The molecule has 0 spiro atoms. The van der Waals surface area contributed by atoms with E-state index in [2.05, 4.69) is 5.32 Å². The Morgan fingerprint density at radius 1 is 1.24 bits per heavy atom. The summed E-state index contributed by atoms with van der Waals surface area (Å²) in [5, 5.41) is 4.75. The molecule has 0 bridgehead atoms. The molecule has 0 fully saturated rings. The van der Waals surface area contributed by atoms with Crippen LogP contribution in [0.25, 0.3) is 0 Å². The molecule has 0 saturated heterocycles. The molecule has 0 aliphatic heterocycles. The molecule has 2 aromatic rings. The lowest BCUT2D eigenvalue weighted by Gasteiger charge is -2.10. The van der Waals surface area contributed by atoms with E-state index in [0.29, 0.717) is 19.8 Å². The highest BCUT2D eigenvalue weighted by Gasteiger charge is 2.15. The van der Waals surface area contributed by atoms with E-state index in [1.54, 1.807) is 0 Å². The molecular formula is C16H20N2O2S. The summed E-state index contributed by atoms with van der Waals surface area (Å²) < 4.78 is 5.55. The Morgan fingerprint density at radius 2 is 2.05 bits per heavy atom. The van der Waals surface area contributed by atoms with Crippen molar-refractivity contribution < 1.29 is 9.53 Å². The fourth-order valence-corrected chi connectivity index (χ4v) is 2.58. The van der Waals surface area contributed by atoms with Gasteiger partial charge in [0.05, 0.1) is 6.61 Å². The maximum Gasteiger partial charge on any atom is 0.242 e. The van der Waals surface area contributed by atoms with Gasteiger partial charge in [0, 0.05) is 18.0 Å². The van der Waals surface area contributed by atoms with Gasteiger partial charge in [0.1, 0.15) is 6.04 Å². The highest BCUT2D eigenvalue weighted by molar-refractivity contribution is 7.10. The largest absolute Gasteiger partial charge is 0.377 e. The van der Waals surface area contributed by atoms with Crippen molar-refractivity contribution in [3.63, 3.8) is 0 Å². The third-order valence-electron chi connectivity index (χ3n) is 3.01. The number of ether oxygens (including phenoxy) is 1. The van der Waals surface area contributed by atoms with E-state index in [-0.39, 0.29) is 5.91 Å². The number of amides is 1.